The van der Waals surface area contributed by atoms with Crippen LogP contribution in [0.3, 0.4) is 0 Å². The van der Waals surface area contributed by atoms with Crippen LogP contribution >= 0.6 is 0 Å². The van der Waals surface area contributed by atoms with Crippen molar-refractivity contribution in [2.75, 3.05) is 153 Å². The monoisotopic (exact) mass is 2020 g/mol. The number of ether oxygens (including phenoxy) is 5. The van der Waals surface area contributed by atoms with E-state index in [4.69, 9.17) is 43.8 Å². The van der Waals surface area contributed by atoms with E-state index in [2.05, 4.69) is 177 Å². The van der Waals surface area contributed by atoms with Gasteiger partial charge in [-0.3, -0.25) is 33.9 Å². The third kappa shape index (κ3) is 22.5. The highest BCUT2D eigenvalue weighted by atomic mass is 19.1. The first-order chi connectivity index (χ1) is 73.6. The van der Waals surface area contributed by atoms with Crippen molar-refractivity contribution >= 4 is 117 Å². The molecule has 1 amide bonds. The number of hydrogen-bond donors (Lipinski definition) is 9. The van der Waals surface area contributed by atoms with Crippen LogP contribution in [0, 0.1) is 28.5 Å². The highest BCUT2D eigenvalue weighted by molar-refractivity contribution is 6.15. The Balaban J connectivity index is 0.000000110. The molecule has 150 heavy (non-hydrogen) atoms. The molecule has 10 fully saturated rings. The molecule has 0 unspecified atom stereocenters. The lowest BCUT2D eigenvalue weighted by Crippen LogP contribution is -2.46. The lowest BCUT2D eigenvalue weighted by molar-refractivity contribution is 0.00788. The normalized spacial score (nSPS) is 22.4. The molecular formula is C114H134FN29O6. The minimum absolute atomic E-state index is 0.234. The van der Waals surface area contributed by atoms with Crippen molar-refractivity contribution in [2.45, 2.75) is 215 Å². The van der Waals surface area contributed by atoms with Crippen molar-refractivity contribution in [1.82, 2.24) is 114 Å². The molecule has 0 radical (unpaired) electrons. The van der Waals surface area contributed by atoms with E-state index in [9.17, 15) is 19.7 Å². The van der Waals surface area contributed by atoms with E-state index in [1.54, 1.807) is 48.7 Å². The number of pyridine rings is 1. The number of carbonyl (C=O) groups is 1. The molecule has 16 aromatic rings. The molecule has 0 spiro atoms. The number of amides is 1. The number of carbonyl (C=O) groups excluding carboxylic acids is 1. The van der Waals surface area contributed by atoms with Gasteiger partial charge in [0.05, 0.1) is 116 Å². The molecule has 4 saturated carbocycles. The molecule has 6 saturated heterocycles. The molecular weight excluding hydrogens is 1890 g/mol. The molecule has 35 nitrogen and oxygen atoms in total. The zero-order valence-electron chi connectivity index (χ0n) is 85.8. The molecule has 778 valence electrons. The van der Waals surface area contributed by atoms with Gasteiger partial charge >= 0.3 is 6.09 Å². The maximum atomic E-state index is 14.1. The molecule has 36 heteroatoms. The summed E-state index contributed by atoms with van der Waals surface area (Å²) in [6.45, 7) is 24.5. The Hall–Kier alpha value is -13.8. The van der Waals surface area contributed by atoms with Crippen molar-refractivity contribution in [3.63, 3.8) is 0 Å². The molecule has 0 atom stereocenters. The van der Waals surface area contributed by atoms with E-state index < -0.39 is 11.4 Å². The number of anilines is 4. The number of benzene rings is 5. The molecule has 9 N–H and O–H groups in total. The Kier molecular flexibility index (Phi) is 30.0. The SMILES string of the molecule is CC(C)(C)OC(=O)N1CCC(n2cc(-c3ccc4[nH]c5ncnc(NC6CCC(N7CCOCC7)CC6)c5c4c3)cn2)CC1.N#Cc1cc(F)cc(-c2ccc3[nH]c4ncnc(NC5CCC(N6CCOCC6)CC5)c4c3c2)c1.N#Cc1cncc(-c2ccc3[nH]c4ncnc(NC5CCC(N6CCOCC6)CC5)c4c3c2)c1.c1nc(NC2CCC(N3CCOCC3)CC2)c2c(n1)[nH]c1ccc(-c3cnn(C4CCNCC4)c3)cc12. The minimum atomic E-state index is -0.484. The van der Waals surface area contributed by atoms with Crippen LogP contribution < -0.4 is 26.6 Å². The molecule has 17 heterocycles. The van der Waals surface area contributed by atoms with Crippen molar-refractivity contribution in [2.24, 2.45) is 0 Å². The average Bonchev–Trinajstić information content (AvgIpc) is 1.62. The number of aromatic nitrogens is 17. The lowest BCUT2D eigenvalue weighted by atomic mass is 9.90. The summed E-state index contributed by atoms with van der Waals surface area (Å²) < 4.78 is 46.0. The predicted octanol–water partition coefficient (Wildman–Crippen LogP) is 18.5. The van der Waals surface area contributed by atoms with Gasteiger partial charge in [-0.25, -0.2) is 49.1 Å². The van der Waals surface area contributed by atoms with E-state index in [1.165, 1.54) is 69.1 Å². The number of piperidine rings is 2. The van der Waals surface area contributed by atoms with Crippen LogP contribution in [0.25, 0.3) is 132 Å². The van der Waals surface area contributed by atoms with Crippen LogP contribution in [0.15, 0.2) is 160 Å². The smallest absolute Gasteiger partial charge is 0.410 e. The number of H-pyrrole nitrogens is 4. The van der Waals surface area contributed by atoms with E-state index in [-0.39, 0.29) is 12.1 Å². The number of morpholine rings is 4. The van der Waals surface area contributed by atoms with E-state index >= 15 is 0 Å². The minimum Gasteiger partial charge on any atom is -0.444 e. The molecule has 6 aliphatic heterocycles. The number of likely N-dealkylation sites (tertiary alicyclic amines) is 1. The number of nitrogens with zero attached hydrogens (tertiary/aromatic N) is 20. The zero-order chi connectivity index (χ0) is 102. The second kappa shape index (κ2) is 45.2. The predicted molar refractivity (Wildman–Crippen MR) is 582 cm³/mol. The van der Waals surface area contributed by atoms with Gasteiger partial charge in [-0.15, -0.1) is 0 Å². The first-order valence-corrected chi connectivity index (χ1v) is 54.3. The fourth-order valence-electron chi connectivity index (χ4n) is 24.5. The fourth-order valence-corrected chi connectivity index (χ4v) is 24.5. The summed E-state index contributed by atoms with van der Waals surface area (Å²) in [5, 5.41) is 54.8. The van der Waals surface area contributed by atoms with Crippen LogP contribution in [-0.2, 0) is 23.7 Å². The van der Waals surface area contributed by atoms with Crippen molar-refractivity contribution in [3.8, 4) is 56.6 Å². The Morgan fingerprint density at radius 1 is 0.360 bits per heavy atom. The Morgan fingerprint density at radius 3 is 1.03 bits per heavy atom. The van der Waals surface area contributed by atoms with E-state index in [0.717, 1.165) is 340 Å². The Labute approximate surface area is 870 Å². The van der Waals surface area contributed by atoms with Gasteiger partial charge in [0.1, 0.15) is 88.7 Å². The van der Waals surface area contributed by atoms with Crippen molar-refractivity contribution in [3.05, 3.63) is 176 Å². The van der Waals surface area contributed by atoms with Crippen LogP contribution in [0.1, 0.15) is 172 Å². The second-order valence-electron chi connectivity index (χ2n) is 43.0. The van der Waals surface area contributed by atoms with Crippen molar-refractivity contribution < 1.29 is 32.9 Å². The second-order valence-corrected chi connectivity index (χ2v) is 43.0. The Morgan fingerprint density at radius 2 is 0.687 bits per heavy atom. The fraction of sp³-hybridized carbons (Fsp3) is 0.474. The highest BCUT2D eigenvalue weighted by Gasteiger charge is 2.36. The summed E-state index contributed by atoms with van der Waals surface area (Å²) >= 11 is 0. The van der Waals surface area contributed by atoms with Crippen molar-refractivity contribution in [1.29, 1.82) is 10.5 Å². The maximum absolute atomic E-state index is 14.1. The molecule has 4 aliphatic carbocycles. The number of nitrogens with one attached hydrogen (secondary N) is 9. The number of aromatic amines is 4. The third-order valence-electron chi connectivity index (χ3n) is 32.6. The molecule has 10 aliphatic rings. The van der Waals surface area contributed by atoms with Gasteiger partial charge in [0.2, 0.25) is 0 Å². The zero-order valence-corrected chi connectivity index (χ0v) is 85.8. The average molecular weight is 2030 g/mol. The molecule has 0 bridgehead atoms. The summed E-state index contributed by atoms with van der Waals surface area (Å²) in [4.78, 5) is 79.5. The van der Waals surface area contributed by atoms with Gasteiger partial charge in [0.15, 0.2) is 0 Å². The van der Waals surface area contributed by atoms with Gasteiger partial charge in [-0.2, -0.15) is 20.7 Å². The summed E-state index contributed by atoms with van der Waals surface area (Å²) in [7, 11) is 0. The van der Waals surface area contributed by atoms with Gasteiger partial charge in [-0.1, -0.05) is 24.3 Å². The standard InChI is InChI=1S/C33H44N8O3.C28H36N8O.C27H27FN6O.C26H27N7O/c1-33(2,3)44-32(42)40-12-10-26(11-13-40)41-20-23(19-36-41)22-4-9-28-27(18-22)29-30(34-21-35-31(29)38-28)37-24-5-7-25(8-6-24)39-14-16-43-17-15-39;1-6-25-24(15-19(1)20-16-32-36(17-20)23-7-9-29-10-8-23)26-27(30-18-31-28(26)34-25)33-21-2-4-22(5-3-21)35-11-13-37-14-12-35;28-20-12-17(15-29)11-19(13-20)18-1-6-24-23(14-18)25-26(30-16-31-27(25)33-24)32-21-2-4-22(5-3-21)34-7-9-35-10-8-34;27-13-17-11-19(15-28-14-17)18-1-6-23-22(12-18)24-25(29-16-30-26(24)32-23)31-20-2-4-21(5-3-20)33-7-9-34-10-8-33/h4,9,18-21,24-26H,5-8,10-17H2,1-3H3,(H2,34,35,37,38);1,6,15-18,21-23,29H,2-5,7-14H2,(H2,30,31,33,34);1,6,11-14,16,21-22H,2-5,7-10H2,(H2,30,31,32,33);1,6,11-12,14-16,20-21H,2-5,7-10H2,(H2,29,30,31,32). The summed E-state index contributed by atoms with van der Waals surface area (Å²) in [5.41, 5.74) is 15.8. The van der Waals surface area contributed by atoms with Gasteiger partial charge in [0.25, 0.3) is 0 Å². The van der Waals surface area contributed by atoms with Crippen LogP contribution in [-0.4, -0.2) is 300 Å². The lowest BCUT2D eigenvalue weighted by Gasteiger charge is -2.39. The number of halogens is 1. The first kappa shape index (κ1) is 99.5. The van der Waals surface area contributed by atoms with Crippen LogP contribution in [0.2, 0.25) is 0 Å². The van der Waals surface area contributed by atoms with Gasteiger partial charge in [0, 0.05) is 199 Å². The third-order valence-corrected chi connectivity index (χ3v) is 32.6. The van der Waals surface area contributed by atoms with E-state index in [0.29, 0.717) is 84.2 Å². The van der Waals surface area contributed by atoms with Gasteiger partial charge < -0.3 is 75.1 Å². The summed E-state index contributed by atoms with van der Waals surface area (Å²) in [6, 6.07) is 40.7. The molecule has 11 aromatic heterocycles. The molecule has 26 rings (SSSR count). The maximum Gasteiger partial charge on any atom is 0.410 e. The summed E-state index contributed by atoms with van der Waals surface area (Å²) in [6.07, 6.45) is 40.6. The van der Waals surface area contributed by atoms with Gasteiger partial charge in [-0.05, 0) is 263 Å². The van der Waals surface area contributed by atoms with Crippen LogP contribution in [0.4, 0.5) is 32.5 Å². The van der Waals surface area contributed by atoms with Crippen LogP contribution in [0.5, 0.6) is 0 Å². The first-order valence-electron chi connectivity index (χ1n) is 54.3. The number of rotatable bonds is 18. The Bertz CT molecular complexity index is 7490. The highest BCUT2D eigenvalue weighted by Crippen LogP contribution is 2.43. The largest absolute Gasteiger partial charge is 0.444 e. The summed E-state index contributed by atoms with van der Waals surface area (Å²) in [5.74, 6) is 3.13. The number of nitriles is 2. The number of hydrogen-bond acceptors (Lipinski definition) is 28. The quantitative estimate of drug-likeness (QED) is 0.0385. The van der Waals surface area contributed by atoms with E-state index in [1.807, 2.05) is 69.6 Å². The number of fused-ring (bicyclic) bond motifs is 12. The molecule has 5 aromatic carbocycles. The topological polar surface area (TPSA) is 402 Å².